The summed E-state index contributed by atoms with van der Waals surface area (Å²) < 4.78 is 1.95. The number of aryl methyl sites for hydroxylation is 1. The fourth-order valence-corrected chi connectivity index (χ4v) is 2.85. The second-order valence-electron chi connectivity index (χ2n) is 5.11. The van der Waals surface area contributed by atoms with E-state index in [1.165, 1.54) is 25.0 Å². The van der Waals surface area contributed by atoms with E-state index in [1.54, 1.807) is 6.33 Å². The highest BCUT2D eigenvalue weighted by Gasteiger charge is 2.25. The Hall–Kier alpha value is -1.69. The third-order valence-electron chi connectivity index (χ3n) is 3.94. The van der Waals surface area contributed by atoms with E-state index in [4.69, 9.17) is 0 Å². The van der Waals surface area contributed by atoms with Crippen LogP contribution in [0.4, 0.5) is 0 Å². The third-order valence-corrected chi connectivity index (χ3v) is 3.94. The van der Waals surface area contributed by atoms with Crippen molar-refractivity contribution in [1.29, 1.82) is 0 Å². The summed E-state index contributed by atoms with van der Waals surface area (Å²) in [7, 11) is 2.00. The Balaban J connectivity index is 1.66. The number of hydrogen-bond acceptors (Lipinski definition) is 4. The van der Waals surface area contributed by atoms with Crippen molar-refractivity contribution in [3.05, 3.63) is 30.1 Å². The van der Waals surface area contributed by atoms with Gasteiger partial charge in [-0.1, -0.05) is 6.42 Å². The number of rotatable bonds is 4. The van der Waals surface area contributed by atoms with Crippen LogP contribution in [0.15, 0.2) is 18.6 Å². The first-order chi connectivity index (χ1) is 9.34. The second kappa shape index (κ2) is 5.52. The molecule has 1 atom stereocenters. The molecule has 0 amide bonds. The van der Waals surface area contributed by atoms with E-state index in [0.717, 1.165) is 25.3 Å². The summed E-state index contributed by atoms with van der Waals surface area (Å²) in [5, 5.41) is 11.2. The van der Waals surface area contributed by atoms with E-state index in [-0.39, 0.29) is 0 Å². The summed E-state index contributed by atoms with van der Waals surface area (Å²) in [5.41, 5.74) is 1.28. The molecular weight excluding hydrogens is 240 g/mol. The van der Waals surface area contributed by atoms with Gasteiger partial charge in [-0.25, -0.2) is 4.98 Å². The van der Waals surface area contributed by atoms with Crippen LogP contribution >= 0.6 is 0 Å². The topological polar surface area (TPSA) is 62.6 Å². The Bertz CT molecular complexity index is 503. The van der Waals surface area contributed by atoms with Crippen molar-refractivity contribution in [2.75, 3.05) is 13.1 Å². The van der Waals surface area contributed by atoms with Crippen molar-refractivity contribution < 1.29 is 0 Å². The lowest BCUT2D eigenvalue weighted by atomic mass is 10.0. The summed E-state index contributed by atoms with van der Waals surface area (Å²) in [6.45, 7) is 2.19. The molecule has 0 aromatic carbocycles. The SMILES string of the molecule is Cn1nccc1CCN1CCCCC1c1ncn[nH]1. The molecule has 1 saturated heterocycles. The molecule has 1 aliphatic rings. The zero-order chi connectivity index (χ0) is 13.1. The molecule has 1 unspecified atom stereocenters. The van der Waals surface area contributed by atoms with E-state index >= 15 is 0 Å². The van der Waals surface area contributed by atoms with Crippen LogP contribution in [0.5, 0.6) is 0 Å². The molecule has 1 fully saturated rings. The maximum atomic E-state index is 4.33. The van der Waals surface area contributed by atoms with E-state index in [1.807, 2.05) is 17.9 Å². The van der Waals surface area contributed by atoms with E-state index in [0.29, 0.717) is 6.04 Å². The highest BCUT2D eigenvalue weighted by molar-refractivity contribution is 5.02. The molecule has 0 radical (unpaired) electrons. The van der Waals surface area contributed by atoms with Crippen LogP contribution < -0.4 is 0 Å². The number of nitrogens with zero attached hydrogens (tertiary/aromatic N) is 5. The summed E-state index contributed by atoms with van der Waals surface area (Å²) >= 11 is 0. The Kier molecular flexibility index (Phi) is 3.59. The third kappa shape index (κ3) is 2.68. The predicted octanol–water partition coefficient (Wildman–Crippen LogP) is 1.31. The first kappa shape index (κ1) is 12.3. The maximum Gasteiger partial charge on any atom is 0.141 e. The molecule has 0 bridgehead atoms. The minimum absolute atomic E-state index is 0.393. The summed E-state index contributed by atoms with van der Waals surface area (Å²) in [4.78, 5) is 6.84. The lowest BCUT2D eigenvalue weighted by Gasteiger charge is -2.34. The minimum Gasteiger partial charge on any atom is -0.293 e. The summed E-state index contributed by atoms with van der Waals surface area (Å²) in [6.07, 6.45) is 8.20. The Morgan fingerprint density at radius 1 is 1.42 bits per heavy atom. The minimum atomic E-state index is 0.393. The van der Waals surface area contributed by atoms with Crippen molar-refractivity contribution in [2.45, 2.75) is 31.7 Å². The second-order valence-corrected chi connectivity index (χ2v) is 5.11. The van der Waals surface area contributed by atoms with Gasteiger partial charge in [-0.3, -0.25) is 14.7 Å². The lowest BCUT2D eigenvalue weighted by Crippen LogP contribution is -2.35. The molecule has 2 aromatic heterocycles. The molecule has 6 heteroatoms. The van der Waals surface area contributed by atoms with Crippen LogP contribution in [-0.2, 0) is 13.5 Å². The predicted molar refractivity (Wildman–Crippen MR) is 71.5 cm³/mol. The Morgan fingerprint density at radius 2 is 2.37 bits per heavy atom. The monoisotopic (exact) mass is 260 g/mol. The molecule has 2 aromatic rings. The van der Waals surface area contributed by atoms with Crippen molar-refractivity contribution in [3.8, 4) is 0 Å². The fraction of sp³-hybridized carbons (Fsp3) is 0.615. The summed E-state index contributed by atoms with van der Waals surface area (Å²) in [5.74, 6) is 1.00. The number of aromatic nitrogens is 5. The number of likely N-dealkylation sites (tertiary alicyclic amines) is 1. The fourth-order valence-electron chi connectivity index (χ4n) is 2.85. The molecule has 3 rings (SSSR count). The number of piperidine rings is 1. The van der Waals surface area contributed by atoms with Gasteiger partial charge in [-0.05, 0) is 25.5 Å². The van der Waals surface area contributed by atoms with Crippen LogP contribution in [0.25, 0.3) is 0 Å². The normalized spacial score (nSPS) is 20.8. The van der Waals surface area contributed by atoms with Gasteiger partial charge in [0.1, 0.15) is 12.2 Å². The van der Waals surface area contributed by atoms with Gasteiger partial charge in [0.15, 0.2) is 0 Å². The van der Waals surface area contributed by atoms with Gasteiger partial charge in [-0.2, -0.15) is 10.2 Å². The first-order valence-corrected chi connectivity index (χ1v) is 6.91. The molecule has 6 nitrogen and oxygen atoms in total. The van der Waals surface area contributed by atoms with E-state index < -0.39 is 0 Å². The number of H-pyrrole nitrogens is 1. The first-order valence-electron chi connectivity index (χ1n) is 6.91. The largest absolute Gasteiger partial charge is 0.293 e. The number of aromatic amines is 1. The standard InChI is InChI=1S/C13H20N6/c1-18-11(5-7-16-18)6-9-19-8-3-2-4-12(19)13-14-10-15-17-13/h5,7,10,12H,2-4,6,8-9H2,1H3,(H,14,15,17). The van der Waals surface area contributed by atoms with Gasteiger partial charge >= 0.3 is 0 Å². The molecule has 0 aliphatic carbocycles. The van der Waals surface area contributed by atoms with Gasteiger partial charge in [0.2, 0.25) is 0 Å². The highest BCUT2D eigenvalue weighted by atomic mass is 15.3. The van der Waals surface area contributed by atoms with E-state index in [9.17, 15) is 0 Å². The Labute approximate surface area is 112 Å². The van der Waals surface area contributed by atoms with Crippen molar-refractivity contribution in [1.82, 2.24) is 29.9 Å². The van der Waals surface area contributed by atoms with Crippen molar-refractivity contribution >= 4 is 0 Å². The van der Waals surface area contributed by atoms with Gasteiger partial charge in [0, 0.05) is 31.9 Å². The van der Waals surface area contributed by atoms with Gasteiger partial charge in [-0.15, -0.1) is 0 Å². The molecule has 19 heavy (non-hydrogen) atoms. The average Bonchev–Trinajstić information content (AvgIpc) is 3.08. The van der Waals surface area contributed by atoms with Gasteiger partial charge < -0.3 is 0 Å². The number of nitrogens with one attached hydrogen (secondary N) is 1. The lowest BCUT2D eigenvalue weighted by molar-refractivity contribution is 0.143. The molecular formula is C13H20N6. The summed E-state index contributed by atoms with van der Waals surface area (Å²) in [6, 6.07) is 2.48. The van der Waals surface area contributed by atoms with Crippen molar-refractivity contribution in [3.63, 3.8) is 0 Å². The molecule has 0 saturated carbocycles. The molecule has 102 valence electrons. The van der Waals surface area contributed by atoms with Crippen LogP contribution in [0.1, 0.15) is 36.8 Å². The quantitative estimate of drug-likeness (QED) is 0.900. The molecule has 1 aliphatic heterocycles. The van der Waals surface area contributed by atoms with E-state index in [2.05, 4.69) is 31.2 Å². The smallest absolute Gasteiger partial charge is 0.141 e. The zero-order valence-corrected chi connectivity index (χ0v) is 11.3. The maximum absolute atomic E-state index is 4.33. The van der Waals surface area contributed by atoms with Crippen LogP contribution in [0.2, 0.25) is 0 Å². The van der Waals surface area contributed by atoms with Gasteiger partial charge in [0.25, 0.3) is 0 Å². The van der Waals surface area contributed by atoms with Crippen LogP contribution in [0.3, 0.4) is 0 Å². The zero-order valence-electron chi connectivity index (χ0n) is 11.3. The van der Waals surface area contributed by atoms with Crippen molar-refractivity contribution in [2.24, 2.45) is 7.05 Å². The van der Waals surface area contributed by atoms with Crippen LogP contribution in [-0.4, -0.2) is 43.0 Å². The molecule has 3 heterocycles. The van der Waals surface area contributed by atoms with Gasteiger partial charge in [0.05, 0.1) is 6.04 Å². The highest BCUT2D eigenvalue weighted by Crippen LogP contribution is 2.28. The molecule has 1 N–H and O–H groups in total. The average molecular weight is 260 g/mol. The van der Waals surface area contributed by atoms with Crippen LogP contribution in [0, 0.1) is 0 Å². The molecule has 0 spiro atoms. The number of hydrogen-bond donors (Lipinski definition) is 1. The Morgan fingerprint density at radius 3 is 3.11 bits per heavy atom.